The summed E-state index contributed by atoms with van der Waals surface area (Å²) in [4.78, 5) is 26.2. The first-order chi connectivity index (χ1) is 17.2. The van der Waals surface area contributed by atoms with Crippen molar-refractivity contribution in [3.8, 4) is 5.75 Å². The molecule has 2 aromatic rings. The van der Waals surface area contributed by atoms with Crippen LogP contribution in [0, 0.1) is 18.3 Å². The number of hydrogen-bond acceptors (Lipinski definition) is 4. The first kappa shape index (κ1) is 27.6. The zero-order valence-corrected chi connectivity index (χ0v) is 22.0. The molecule has 1 atom stereocenters. The lowest BCUT2D eigenvalue weighted by Crippen LogP contribution is -2.52. The molecule has 6 heteroatoms. The van der Waals surface area contributed by atoms with Gasteiger partial charge in [0.15, 0.2) is 0 Å². The molecule has 36 heavy (non-hydrogen) atoms. The van der Waals surface area contributed by atoms with Crippen LogP contribution >= 0.6 is 0 Å². The lowest BCUT2D eigenvalue weighted by atomic mass is 9.88. The molecule has 1 aliphatic carbocycles. The number of hydrogen-bond donors (Lipinski definition) is 2. The minimum absolute atomic E-state index is 0.171. The Morgan fingerprint density at radius 2 is 1.75 bits per heavy atom. The van der Waals surface area contributed by atoms with Gasteiger partial charge in [0.25, 0.3) is 0 Å². The highest BCUT2D eigenvalue weighted by Crippen LogP contribution is 2.28. The summed E-state index contributed by atoms with van der Waals surface area (Å²) in [7, 11) is 0. The molecule has 0 aromatic heterocycles. The predicted molar refractivity (Wildman–Crippen MR) is 146 cm³/mol. The first-order valence-electron chi connectivity index (χ1n) is 13.2. The lowest BCUT2D eigenvalue weighted by molar-refractivity contribution is -0.121. The van der Waals surface area contributed by atoms with Crippen molar-refractivity contribution >= 4 is 17.5 Å². The van der Waals surface area contributed by atoms with Crippen LogP contribution in [0.5, 0.6) is 5.75 Å². The lowest BCUT2D eigenvalue weighted by Gasteiger charge is -2.38. The highest BCUT2D eigenvalue weighted by molar-refractivity contribution is 5.86. The first-order valence-corrected chi connectivity index (χ1v) is 13.2. The molecule has 2 aromatic carbocycles. The van der Waals surface area contributed by atoms with Gasteiger partial charge in [-0.2, -0.15) is 0 Å². The molecule has 195 valence electrons. The average molecular weight is 493 g/mol. The van der Waals surface area contributed by atoms with Gasteiger partial charge in [0.2, 0.25) is 11.8 Å². The van der Waals surface area contributed by atoms with E-state index < -0.39 is 11.4 Å². The second kappa shape index (κ2) is 13.3. The number of nitrogens with one attached hydrogen (secondary N) is 1. The molecule has 3 N–H and O–H groups in total. The number of carbonyl (C=O) groups is 2. The minimum atomic E-state index is -0.458. The number of carbonyl (C=O) groups excluding carboxylic acids is 2. The number of amides is 2. The molecule has 3 rings (SSSR count). The number of nitrogens with zero attached hydrogens (tertiary/aromatic N) is 1. The topological polar surface area (TPSA) is 84.7 Å². The van der Waals surface area contributed by atoms with Crippen LogP contribution in [0.2, 0.25) is 0 Å². The van der Waals surface area contributed by atoms with E-state index in [2.05, 4.69) is 34.5 Å². The van der Waals surface area contributed by atoms with Crippen LogP contribution in [-0.2, 0) is 16.2 Å². The molecule has 0 saturated heterocycles. The van der Waals surface area contributed by atoms with E-state index in [1.807, 2.05) is 44.2 Å². The molecule has 0 aliphatic heterocycles. The molecule has 6 nitrogen and oxygen atoms in total. The van der Waals surface area contributed by atoms with Crippen molar-refractivity contribution in [3.63, 3.8) is 0 Å². The Bertz CT molecular complexity index is 953. The normalized spacial score (nSPS) is 15.2. The number of primary amides is 1. The van der Waals surface area contributed by atoms with Gasteiger partial charge in [0.05, 0.1) is 12.0 Å². The fourth-order valence-electron chi connectivity index (χ4n) is 4.74. The summed E-state index contributed by atoms with van der Waals surface area (Å²) >= 11 is 0. The highest BCUT2D eigenvalue weighted by Gasteiger charge is 2.27. The highest BCUT2D eigenvalue weighted by atomic mass is 16.5. The number of nitrogens with two attached hydrogens (primary N) is 1. The standard InChI is InChI=1S/C30H42N3O3/c1-23(29(31)35)14-19-28(34)32-30(2,3)22-33(20-24-10-6-4-7-11-24)26-15-17-27(18-16-26)36-21-25-12-8-5-9-13-25/h5,8-9,12-13,15-19,23-24H,4,6-7,10-11,14,20-22H2,1-3H3,(H2,31,35)(H,32,34). The number of rotatable bonds is 13. The summed E-state index contributed by atoms with van der Waals surface area (Å²) in [6.07, 6.45) is 8.27. The van der Waals surface area contributed by atoms with Gasteiger partial charge in [-0.05, 0) is 68.9 Å². The zero-order chi connectivity index (χ0) is 26.0. The van der Waals surface area contributed by atoms with Gasteiger partial charge in [-0.1, -0.05) is 56.5 Å². The van der Waals surface area contributed by atoms with Gasteiger partial charge in [0.1, 0.15) is 12.4 Å². The maximum Gasteiger partial charge on any atom is 0.224 e. The molecule has 0 spiro atoms. The molecule has 1 fully saturated rings. The van der Waals surface area contributed by atoms with Crippen LogP contribution in [0.25, 0.3) is 0 Å². The second-order valence-corrected chi connectivity index (χ2v) is 10.8. The second-order valence-electron chi connectivity index (χ2n) is 10.8. The van der Waals surface area contributed by atoms with Crippen LogP contribution < -0.4 is 20.7 Å². The Morgan fingerprint density at radius 1 is 1.08 bits per heavy atom. The molecule has 0 bridgehead atoms. The van der Waals surface area contributed by atoms with Gasteiger partial charge in [-0.15, -0.1) is 0 Å². The predicted octanol–water partition coefficient (Wildman–Crippen LogP) is 5.26. The van der Waals surface area contributed by atoms with Gasteiger partial charge >= 0.3 is 0 Å². The Hall–Kier alpha value is -3.02. The fourth-order valence-corrected chi connectivity index (χ4v) is 4.74. The van der Waals surface area contributed by atoms with E-state index in [0.717, 1.165) is 23.5 Å². The summed E-state index contributed by atoms with van der Waals surface area (Å²) in [6, 6.07) is 18.4. The molecular weight excluding hydrogens is 450 g/mol. The molecule has 1 radical (unpaired) electrons. The monoisotopic (exact) mass is 492 g/mol. The van der Waals surface area contributed by atoms with E-state index in [0.29, 0.717) is 25.5 Å². The van der Waals surface area contributed by atoms with Crippen LogP contribution in [0.15, 0.2) is 54.6 Å². The molecule has 1 aliphatic rings. The van der Waals surface area contributed by atoms with Crippen LogP contribution in [0.4, 0.5) is 5.69 Å². The van der Waals surface area contributed by atoms with Crippen molar-refractivity contribution in [3.05, 3.63) is 66.6 Å². The number of benzene rings is 2. The Balaban J connectivity index is 1.64. The Labute approximate surface area is 216 Å². The maximum absolute atomic E-state index is 12.6. The van der Waals surface area contributed by atoms with Crippen molar-refractivity contribution in [2.45, 2.75) is 71.4 Å². The SMILES string of the molecule is CC(C[CH]C(=O)NC(C)(C)CN(CC1CCCCC1)c1ccc(OCc2ccccc2)cc1)C(N)=O. The van der Waals surface area contributed by atoms with Crippen molar-refractivity contribution in [1.29, 1.82) is 0 Å². The maximum atomic E-state index is 12.6. The van der Waals surface area contributed by atoms with Crippen molar-refractivity contribution in [2.75, 3.05) is 18.0 Å². The van der Waals surface area contributed by atoms with E-state index in [9.17, 15) is 9.59 Å². The van der Waals surface area contributed by atoms with Gasteiger partial charge in [0, 0.05) is 24.7 Å². The quantitative estimate of drug-likeness (QED) is 0.399. The van der Waals surface area contributed by atoms with Gasteiger partial charge in [-0.3, -0.25) is 9.59 Å². The fraction of sp³-hybridized carbons (Fsp3) is 0.500. The minimum Gasteiger partial charge on any atom is -0.489 e. The van der Waals surface area contributed by atoms with E-state index in [-0.39, 0.29) is 11.8 Å². The van der Waals surface area contributed by atoms with Crippen molar-refractivity contribution in [1.82, 2.24) is 5.32 Å². The van der Waals surface area contributed by atoms with Gasteiger partial charge in [-0.25, -0.2) is 0 Å². The average Bonchev–Trinajstić information content (AvgIpc) is 2.86. The summed E-state index contributed by atoms with van der Waals surface area (Å²) in [5, 5.41) is 3.12. The molecule has 1 unspecified atom stereocenters. The summed E-state index contributed by atoms with van der Waals surface area (Å²) in [6.45, 7) is 8.00. The third kappa shape index (κ3) is 9.21. The molecule has 0 heterocycles. The Morgan fingerprint density at radius 3 is 2.39 bits per heavy atom. The van der Waals surface area contributed by atoms with Crippen molar-refractivity contribution in [2.24, 2.45) is 17.6 Å². The van der Waals surface area contributed by atoms with E-state index in [1.54, 1.807) is 6.92 Å². The summed E-state index contributed by atoms with van der Waals surface area (Å²) in [5.41, 5.74) is 7.13. The molecule has 1 saturated carbocycles. The molecule has 2 amide bonds. The van der Waals surface area contributed by atoms with Crippen LogP contribution in [0.3, 0.4) is 0 Å². The molecular formula is C30H42N3O3. The van der Waals surface area contributed by atoms with E-state index in [1.165, 1.54) is 38.5 Å². The smallest absolute Gasteiger partial charge is 0.224 e. The van der Waals surface area contributed by atoms with Crippen LogP contribution in [-0.4, -0.2) is 30.4 Å². The number of anilines is 1. The zero-order valence-electron chi connectivity index (χ0n) is 22.0. The van der Waals surface area contributed by atoms with E-state index >= 15 is 0 Å². The number of ether oxygens (including phenoxy) is 1. The third-order valence-electron chi connectivity index (χ3n) is 6.84. The summed E-state index contributed by atoms with van der Waals surface area (Å²) < 4.78 is 5.98. The van der Waals surface area contributed by atoms with Crippen LogP contribution in [0.1, 0.15) is 64.9 Å². The van der Waals surface area contributed by atoms with Gasteiger partial charge < -0.3 is 20.7 Å². The van der Waals surface area contributed by atoms with E-state index in [4.69, 9.17) is 10.5 Å². The Kier molecular flexibility index (Phi) is 10.2. The summed E-state index contributed by atoms with van der Waals surface area (Å²) in [5.74, 6) is 0.570. The largest absolute Gasteiger partial charge is 0.489 e. The third-order valence-corrected chi connectivity index (χ3v) is 6.84. The van der Waals surface area contributed by atoms with Crippen molar-refractivity contribution < 1.29 is 14.3 Å².